The Balaban J connectivity index is 2.70. The highest BCUT2D eigenvalue weighted by Gasteiger charge is 2.19. The normalized spacial score (nSPS) is 16.0. The van der Waals surface area contributed by atoms with Crippen LogP contribution in [0.5, 0.6) is 0 Å². The third-order valence-corrected chi connectivity index (χ3v) is 1.70. The maximum Gasteiger partial charge on any atom is 0.203 e. The minimum Gasteiger partial charge on any atom is -0.385 e. The van der Waals surface area contributed by atoms with E-state index in [-0.39, 0.29) is 5.92 Å². The van der Waals surface area contributed by atoms with E-state index in [9.17, 15) is 5.11 Å². The largest absolute Gasteiger partial charge is 0.385 e. The van der Waals surface area contributed by atoms with Crippen molar-refractivity contribution in [2.45, 2.75) is 13.0 Å². The van der Waals surface area contributed by atoms with Crippen LogP contribution in [0.4, 0.5) is 0 Å². The minimum atomic E-state index is -0.719. The van der Waals surface area contributed by atoms with Crippen LogP contribution in [0, 0.1) is 5.92 Å². The molecule has 0 radical (unpaired) electrons. The average molecular weight is 171 g/mol. The SMILES string of the molecule is CC(CN)C(O)c1nnn(C)n1. The molecular formula is C6H13N5O. The summed E-state index contributed by atoms with van der Waals surface area (Å²) in [5.74, 6) is 0.282. The highest BCUT2D eigenvalue weighted by atomic mass is 16.3. The Kier molecular flexibility index (Phi) is 2.72. The van der Waals surface area contributed by atoms with Gasteiger partial charge in [-0.05, 0) is 11.8 Å². The van der Waals surface area contributed by atoms with Gasteiger partial charge in [-0.3, -0.25) is 0 Å². The van der Waals surface area contributed by atoms with E-state index in [1.165, 1.54) is 4.80 Å². The number of aliphatic hydroxyl groups is 1. The van der Waals surface area contributed by atoms with Crippen LogP contribution < -0.4 is 5.73 Å². The highest BCUT2D eigenvalue weighted by molar-refractivity contribution is 4.86. The molecule has 1 aromatic rings. The number of aryl methyl sites for hydroxylation is 1. The maximum atomic E-state index is 9.54. The third-order valence-electron chi connectivity index (χ3n) is 1.70. The van der Waals surface area contributed by atoms with Crippen molar-refractivity contribution in [3.8, 4) is 0 Å². The van der Waals surface area contributed by atoms with Crippen LogP contribution in [0.2, 0.25) is 0 Å². The molecule has 0 amide bonds. The Labute approximate surface area is 70.4 Å². The van der Waals surface area contributed by atoms with Gasteiger partial charge < -0.3 is 10.8 Å². The molecule has 1 heterocycles. The van der Waals surface area contributed by atoms with Crippen LogP contribution in [0.15, 0.2) is 0 Å². The zero-order valence-electron chi connectivity index (χ0n) is 7.18. The van der Waals surface area contributed by atoms with Crippen molar-refractivity contribution >= 4 is 0 Å². The molecule has 0 bridgehead atoms. The standard InChI is InChI=1S/C6H13N5O/c1-4(3-7)5(12)6-8-10-11(2)9-6/h4-5,12H,3,7H2,1-2H3. The van der Waals surface area contributed by atoms with Gasteiger partial charge in [0, 0.05) is 5.92 Å². The van der Waals surface area contributed by atoms with Crippen LogP contribution in [0.3, 0.4) is 0 Å². The minimum absolute atomic E-state index is 0.0470. The van der Waals surface area contributed by atoms with Crippen molar-refractivity contribution in [2.75, 3.05) is 6.54 Å². The summed E-state index contributed by atoms with van der Waals surface area (Å²) in [6, 6.07) is 0. The lowest BCUT2D eigenvalue weighted by Crippen LogP contribution is -2.19. The molecule has 0 saturated heterocycles. The molecule has 1 rings (SSSR count). The van der Waals surface area contributed by atoms with Crippen LogP contribution in [-0.4, -0.2) is 31.9 Å². The summed E-state index contributed by atoms with van der Waals surface area (Å²) < 4.78 is 0. The van der Waals surface area contributed by atoms with Gasteiger partial charge in [0.15, 0.2) is 0 Å². The maximum absolute atomic E-state index is 9.54. The summed E-state index contributed by atoms with van der Waals surface area (Å²) in [4.78, 5) is 1.31. The van der Waals surface area contributed by atoms with Crippen molar-refractivity contribution in [1.29, 1.82) is 0 Å². The molecule has 12 heavy (non-hydrogen) atoms. The van der Waals surface area contributed by atoms with Crippen molar-refractivity contribution in [1.82, 2.24) is 20.2 Å². The van der Waals surface area contributed by atoms with Gasteiger partial charge in [0.2, 0.25) is 5.82 Å². The fourth-order valence-corrected chi connectivity index (χ4v) is 0.801. The lowest BCUT2D eigenvalue weighted by molar-refractivity contribution is 0.112. The third kappa shape index (κ3) is 1.77. The highest BCUT2D eigenvalue weighted by Crippen LogP contribution is 2.15. The molecule has 6 nitrogen and oxygen atoms in total. The number of hydrogen-bond acceptors (Lipinski definition) is 5. The first-order valence-electron chi connectivity index (χ1n) is 3.77. The van der Waals surface area contributed by atoms with Crippen molar-refractivity contribution in [3.05, 3.63) is 5.82 Å². The topological polar surface area (TPSA) is 89.9 Å². The molecule has 0 saturated carbocycles. The molecule has 3 N–H and O–H groups in total. The fourth-order valence-electron chi connectivity index (χ4n) is 0.801. The van der Waals surface area contributed by atoms with Gasteiger partial charge >= 0.3 is 0 Å². The number of hydrogen-bond donors (Lipinski definition) is 2. The van der Waals surface area contributed by atoms with E-state index in [1.54, 1.807) is 7.05 Å². The summed E-state index contributed by atoms with van der Waals surface area (Å²) in [5, 5.41) is 20.7. The summed E-state index contributed by atoms with van der Waals surface area (Å²) in [6.45, 7) is 2.24. The predicted octanol–water partition coefficient (Wildman–Crippen LogP) is -1.16. The van der Waals surface area contributed by atoms with Crippen LogP contribution in [-0.2, 0) is 7.05 Å². The molecule has 0 aromatic carbocycles. The van der Waals surface area contributed by atoms with E-state index in [0.717, 1.165) is 0 Å². The first-order valence-corrected chi connectivity index (χ1v) is 3.77. The molecule has 68 valence electrons. The van der Waals surface area contributed by atoms with Gasteiger partial charge in [-0.2, -0.15) is 4.80 Å². The summed E-state index contributed by atoms with van der Waals surface area (Å²) in [7, 11) is 1.65. The van der Waals surface area contributed by atoms with Crippen LogP contribution in [0.25, 0.3) is 0 Å². The zero-order valence-corrected chi connectivity index (χ0v) is 7.18. The molecule has 6 heteroatoms. The quantitative estimate of drug-likeness (QED) is 0.598. The van der Waals surface area contributed by atoms with E-state index in [1.807, 2.05) is 6.92 Å². The monoisotopic (exact) mass is 171 g/mol. The molecule has 2 atom stereocenters. The van der Waals surface area contributed by atoms with E-state index < -0.39 is 6.10 Å². The Morgan fingerprint density at radius 1 is 1.67 bits per heavy atom. The van der Waals surface area contributed by atoms with Gasteiger partial charge in [-0.25, -0.2) is 0 Å². The van der Waals surface area contributed by atoms with E-state index in [2.05, 4.69) is 15.4 Å². The fraction of sp³-hybridized carbons (Fsp3) is 0.833. The molecule has 0 aliphatic heterocycles. The lowest BCUT2D eigenvalue weighted by atomic mass is 10.1. The van der Waals surface area contributed by atoms with Crippen molar-refractivity contribution in [3.63, 3.8) is 0 Å². The zero-order chi connectivity index (χ0) is 9.14. The first-order chi connectivity index (χ1) is 5.65. The summed E-state index contributed by atoms with van der Waals surface area (Å²) in [6.07, 6.45) is -0.719. The Morgan fingerprint density at radius 3 is 2.75 bits per heavy atom. The smallest absolute Gasteiger partial charge is 0.203 e. The van der Waals surface area contributed by atoms with Gasteiger partial charge in [-0.1, -0.05) is 6.92 Å². The molecule has 0 aliphatic rings. The van der Waals surface area contributed by atoms with Crippen molar-refractivity contribution in [2.24, 2.45) is 18.7 Å². The number of nitrogens with zero attached hydrogens (tertiary/aromatic N) is 4. The molecule has 2 unspecified atom stereocenters. The Hall–Kier alpha value is -1.01. The number of aromatic nitrogens is 4. The second-order valence-corrected chi connectivity index (χ2v) is 2.79. The van der Waals surface area contributed by atoms with E-state index in [4.69, 9.17) is 5.73 Å². The second-order valence-electron chi connectivity index (χ2n) is 2.79. The van der Waals surface area contributed by atoms with Gasteiger partial charge in [0.05, 0.1) is 7.05 Å². The first kappa shape index (κ1) is 9.08. The van der Waals surface area contributed by atoms with Gasteiger partial charge in [0.25, 0.3) is 0 Å². The molecule has 0 fully saturated rings. The summed E-state index contributed by atoms with van der Waals surface area (Å²) >= 11 is 0. The molecular weight excluding hydrogens is 158 g/mol. The Morgan fingerprint density at radius 2 is 2.33 bits per heavy atom. The number of nitrogens with two attached hydrogens (primary N) is 1. The van der Waals surface area contributed by atoms with Gasteiger partial charge in [-0.15, -0.1) is 10.2 Å². The predicted molar refractivity (Wildman–Crippen MR) is 42.0 cm³/mol. The molecule has 0 aliphatic carbocycles. The molecule has 1 aromatic heterocycles. The number of tetrazole rings is 1. The molecule has 0 spiro atoms. The Bertz CT molecular complexity index is 248. The number of rotatable bonds is 3. The summed E-state index contributed by atoms with van der Waals surface area (Å²) in [5.41, 5.74) is 5.37. The number of aliphatic hydroxyl groups excluding tert-OH is 1. The van der Waals surface area contributed by atoms with Gasteiger partial charge in [0.1, 0.15) is 6.10 Å². The van der Waals surface area contributed by atoms with E-state index >= 15 is 0 Å². The van der Waals surface area contributed by atoms with Crippen molar-refractivity contribution < 1.29 is 5.11 Å². The average Bonchev–Trinajstić information content (AvgIpc) is 2.49. The van der Waals surface area contributed by atoms with Crippen LogP contribution >= 0.6 is 0 Å². The van der Waals surface area contributed by atoms with Crippen LogP contribution in [0.1, 0.15) is 18.9 Å². The lowest BCUT2D eigenvalue weighted by Gasteiger charge is -2.11. The van der Waals surface area contributed by atoms with E-state index in [0.29, 0.717) is 12.4 Å². The second kappa shape index (κ2) is 3.59.